The summed E-state index contributed by atoms with van der Waals surface area (Å²) in [7, 11) is 0. The molecule has 2 rings (SSSR count). The van der Waals surface area contributed by atoms with Crippen molar-refractivity contribution < 1.29 is 73.8 Å². The quantitative estimate of drug-likeness (QED) is 0.0394. The minimum Gasteiger partial charge on any atom is -0.462 e. The first-order valence-electron chi connectivity index (χ1n) is 21.1. The summed E-state index contributed by atoms with van der Waals surface area (Å²) in [4.78, 5) is 25.3. The fraction of sp³-hybridized carbons (Fsp3) is 0.950. The normalized spacial score (nSPS) is 28.9. The van der Waals surface area contributed by atoms with Crippen LogP contribution in [0, 0.1) is 0 Å². The molecule has 0 aliphatic carbocycles. The van der Waals surface area contributed by atoms with Crippen molar-refractivity contribution in [3.8, 4) is 0 Å². The maximum absolute atomic E-state index is 12.8. The van der Waals surface area contributed by atoms with Crippen LogP contribution >= 0.6 is 0 Å². The highest BCUT2D eigenvalue weighted by Crippen LogP contribution is 2.26. The second-order valence-corrected chi connectivity index (χ2v) is 15.2. The molecule has 0 aromatic rings. The molecule has 0 aromatic heterocycles. The van der Waals surface area contributed by atoms with E-state index in [4.69, 9.17) is 28.4 Å². The Morgan fingerprint density at radius 3 is 1.42 bits per heavy atom. The summed E-state index contributed by atoms with van der Waals surface area (Å²) in [5.74, 6) is -0.930. The van der Waals surface area contributed by atoms with E-state index in [-0.39, 0.29) is 26.1 Å². The van der Waals surface area contributed by atoms with Crippen LogP contribution in [0.2, 0.25) is 0 Å². The second-order valence-electron chi connectivity index (χ2n) is 15.2. The van der Waals surface area contributed by atoms with Crippen LogP contribution in [0.3, 0.4) is 0 Å². The van der Waals surface area contributed by atoms with Gasteiger partial charge in [0.05, 0.1) is 19.8 Å². The van der Waals surface area contributed by atoms with Crippen LogP contribution in [0.15, 0.2) is 0 Å². The van der Waals surface area contributed by atoms with Gasteiger partial charge in [-0.05, 0) is 12.8 Å². The van der Waals surface area contributed by atoms with Gasteiger partial charge in [0.2, 0.25) is 0 Å². The average molecular weight is 795 g/mol. The van der Waals surface area contributed by atoms with Crippen molar-refractivity contribution in [2.24, 2.45) is 0 Å². The first kappa shape index (κ1) is 49.6. The van der Waals surface area contributed by atoms with Crippen LogP contribution in [0.1, 0.15) is 149 Å². The van der Waals surface area contributed by atoms with Crippen molar-refractivity contribution in [2.75, 3.05) is 26.4 Å². The topological polar surface area (TPSA) is 231 Å². The SMILES string of the molecule is CCCCCCCCCCCCCCCC(=O)OC(COC(=O)CCCCCCCC)COC1OC(COC2OC(CO)C(O)C(O)C2O)C(O)C(O)C1O. The third-order valence-electron chi connectivity index (χ3n) is 10.3. The van der Waals surface area contributed by atoms with E-state index in [1.54, 1.807) is 0 Å². The van der Waals surface area contributed by atoms with Gasteiger partial charge in [-0.1, -0.05) is 123 Å². The Balaban J connectivity index is 1.86. The van der Waals surface area contributed by atoms with E-state index in [2.05, 4.69) is 13.8 Å². The summed E-state index contributed by atoms with van der Waals surface area (Å²) in [6.45, 7) is 2.49. The molecular weight excluding hydrogens is 720 g/mol. The van der Waals surface area contributed by atoms with Crippen LogP contribution < -0.4 is 0 Å². The molecule has 0 radical (unpaired) electrons. The summed E-state index contributed by atoms with van der Waals surface area (Å²) in [6, 6.07) is 0. The number of esters is 2. The first-order valence-corrected chi connectivity index (χ1v) is 21.1. The number of carbonyl (C=O) groups excluding carboxylic acids is 2. The first-order chi connectivity index (χ1) is 26.5. The Labute approximate surface area is 328 Å². The Kier molecular flexibility index (Phi) is 26.8. The molecule has 2 aliphatic rings. The summed E-state index contributed by atoms with van der Waals surface area (Å²) < 4.78 is 33.3. The lowest BCUT2D eigenvalue weighted by atomic mass is 9.98. The zero-order chi connectivity index (χ0) is 40.4. The fourth-order valence-corrected chi connectivity index (χ4v) is 6.74. The number of aliphatic hydroxyl groups is 7. The van der Waals surface area contributed by atoms with Crippen molar-refractivity contribution in [3.63, 3.8) is 0 Å². The minimum atomic E-state index is -1.76. The van der Waals surface area contributed by atoms with E-state index in [1.807, 2.05) is 0 Å². The smallest absolute Gasteiger partial charge is 0.306 e. The average Bonchev–Trinajstić information content (AvgIpc) is 3.18. The highest BCUT2D eigenvalue weighted by atomic mass is 16.7. The van der Waals surface area contributed by atoms with E-state index in [9.17, 15) is 45.3 Å². The zero-order valence-corrected chi connectivity index (χ0v) is 33.4. The molecule has 2 saturated heterocycles. The van der Waals surface area contributed by atoms with Crippen molar-refractivity contribution in [1.29, 1.82) is 0 Å². The molecule has 0 amide bonds. The lowest BCUT2D eigenvalue weighted by molar-refractivity contribution is -0.332. The maximum atomic E-state index is 12.8. The number of unbranched alkanes of at least 4 members (excludes halogenated alkanes) is 17. The van der Waals surface area contributed by atoms with Gasteiger partial charge in [-0.15, -0.1) is 0 Å². The van der Waals surface area contributed by atoms with Crippen molar-refractivity contribution >= 4 is 11.9 Å². The molecule has 15 nitrogen and oxygen atoms in total. The predicted molar refractivity (Wildman–Crippen MR) is 201 cm³/mol. The van der Waals surface area contributed by atoms with E-state index in [0.29, 0.717) is 12.8 Å². The molecule has 0 aromatic carbocycles. The Hall–Kier alpha value is -1.50. The number of hydrogen-bond acceptors (Lipinski definition) is 15. The molecule has 7 N–H and O–H groups in total. The minimum absolute atomic E-state index is 0.171. The number of ether oxygens (including phenoxy) is 6. The molecule has 324 valence electrons. The number of rotatable bonds is 31. The lowest BCUT2D eigenvalue weighted by Gasteiger charge is -2.42. The number of aliphatic hydroxyl groups excluding tert-OH is 7. The zero-order valence-electron chi connectivity index (χ0n) is 33.4. The monoisotopic (exact) mass is 795 g/mol. The van der Waals surface area contributed by atoms with Gasteiger partial charge in [0.1, 0.15) is 55.4 Å². The summed E-state index contributed by atoms with van der Waals surface area (Å²) in [5, 5.41) is 71.5. The van der Waals surface area contributed by atoms with Gasteiger partial charge in [-0.2, -0.15) is 0 Å². The van der Waals surface area contributed by atoms with E-state index in [0.717, 1.165) is 51.4 Å². The molecule has 55 heavy (non-hydrogen) atoms. The molecule has 2 aliphatic heterocycles. The highest BCUT2D eigenvalue weighted by Gasteiger charge is 2.47. The van der Waals surface area contributed by atoms with Crippen molar-refractivity contribution in [3.05, 3.63) is 0 Å². The van der Waals surface area contributed by atoms with Gasteiger partial charge < -0.3 is 64.2 Å². The highest BCUT2D eigenvalue weighted by molar-refractivity contribution is 5.70. The van der Waals surface area contributed by atoms with Gasteiger partial charge in [-0.25, -0.2) is 0 Å². The maximum Gasteiger partial charge on any atom is 0.306 e. The standard InChI is InChI=1S/C40H74O15/c1-3-5-7-9-11-12-13-14-15-16-17-19-21-23-32(43)53-28(25-50-31(42)22-20-18-10-8-6-4-2)26-51-39-38(49)36(47)34(45)30(55-39)27-52-40-37(48)35(46)33(44)29(24-41)54-40/h28-30,33-41,44-49H,3-27H2,1-2H3. The number of carbonyl (C=O) groups is 2. The second kappa shape index (κ2) is 29.7. The lowest BCUT2D eigenvalue weighted by Crippen LogP contribution is -2.61. The molecular formula is C40H74O15. The van der Waals surface area contributed by atoms with Crippen LogP contribution in [0.4, 0.5) is 0 Å². The third kappa shape index (κ3) is 19.7. The van der Waals surface area contributed by atoms with E-state index < -0.39 is 92.7 Å². The fourth-order valence-electron chi connectivity index (χ4n) is 6.74. The van der Waals surface area contributed by atoms with Crippen LogP contribution in [-0.2, 0) is 38.0 Å². The summed E-state index contributed by atoms with van der Waals surface area (Å²) >= 11 is 0. The largest absolute Gasteiger partial charge is 0.462 e. The van der Waals surface area contributed by atoms with Crippen LogP contribution in [-0.4, -0.2) is 142 Å². The number of hydrogen-bond donors (Lipinski definition) is 7. The Morgan fingerprint density at radius 1 is 0.509 bits per heavy atom. The van der Waals surface area contributed by atoms with Crippen LogP contribution in [0.25, 0.3) is 0 Å². The molecule has 0 bridgehead atoms. The van der Waals surface area contributed by atoms with Gasteiger partial charge in [0.25, 0.3) is 0 Å². The van der Waals surface area contributed by atoms with Crippen molar-refractivity contribution in [2.45, 2.75) is 216 Å². The molecule has 11 atom stereocenters. The molecule has 11 unspecified atom stereocenters. The molecule has 2 heterocycles. The molecule has 15 heteroatoms. The summed E-state index contributed by atoms with van der Waals surface area (Å²) in [5.41, 5.74) is 0. The van der Waals surface area contributed by atoms with E-state index in [1.165, 1.54) is 57.8 Å². The Morgan fingerprint density at radius 2 is 0.927 bits per heavy atom. The van der Waals surface area contributed by atoms with Crippen LogP contribution in [0.5, 0.6) is 0 Å². The Bertz CT molecular complexity index is 986. The van der Waals surface area contributed by atoms with Gasteiger partial charge in [0.15, 0.2) is 18.7 Å². The predicted octanol–water partition coefficient (Wildman–Crippen LogP) is 3.31. The van der Waals surface area contributed by atoms with Gasteiger partial charge >= 0.3 is 11.9 Å². The van der Waals surface area contributed by atoms with Gasteiger partial charge in [0, 0.05) is 12.8 Å². The van der Waals surface area contributed by atoms with Crippen molar-refractivity contribution in [1.82, 2.24) is 0 Å². The molecule has 0 saturated carbocycles. The molecule has 2 fully saturated rings. The van der Waals surface area contributed by atoms with E-state index >= 15 is 0 Å². The third-order valence-corrected chi connectivity index (χ3v) is 10.3. The van der Waals surface area contributed by atoms with Gasteiger partial charge in [-0.3, -0.25) is 9.59 Å². The summed E-state index contributed by atoms with van der Waals surface area (Å²) in [6.07, 6.45) is 4.79. The molecule has 0 spiro atoms.